The van der Waals surface area contributed by atoms with Crippen molar-refractivity contribution in [1.29, 1.82) is 0 Å². The van der Waals surface area contributed by atoms with E-state index in [0.717, 1.165) is 5.82 Å². The van der Waals surface area contributed by atoms with Gasteiger partial charge in [0, 0.05) is 5.54 Å². The zero-order chi connectivity index (χ0) is 11.8. The quantitative estimate of drug-likeness (QED) is 0.709. The Bertz CT molecular complexity index is 475. The van der Waals surface area contributed by atoms with Crippen LogP contribution in [0.15, 0.2) is 36.5 Å². The highest BCUT2D eigenvalue weighted by atomic mass is 15.1. The van der Waals surface area contributed by atoms with Gasteiger partial charge in [0.25, 0.3) is 0 Å². The number of aromatic nitrogens is 2. The SMILES string of the molecule is Cc1ncc(-c2ccccc2)n1C(C)(C)C. The average molecular weight is 214 g/mol. The Morgan fingerprint density at radius 2 is 1.69 bits per heavy atom. The molecule has 0 saturated heterocycles. The van der Waals surface area contributed by atoms with Crippen molar-refractivity contribution in [2.45, 2.75) is 33.2 Å². The van der Waals surface area contributed by atoms with Gasteiger partial charge in [0.05, 0.1) is 11.9 Å². The van der Waals surface area contributed by atoms with Crippen molar-refractivity contribution in [3.8, 4) is 11.3 Å². The minimum atomic E-state index is 0.0613. The maximum atomic E-state index is 4.42. The van der Waals surface area contributed by atoms with Crippen molar-refractivity contribution in [2.75, 3.05) is 0 Å². The van der Waals surface area contributed by atoms with Gasteiger partial charge < -0.3 is 4.57 Å². The molecule has 0 saturated carbocycles. The molecule has 84 valence electrons. The third-order valence-electron chi connectivity index (χ3n) is 2.68. The summed E-state index contributed by atoms with van der Waals surface area (Å²) in [5.41, 5.74) is 2.47. The Balaban J connectivity index is 2.60. The highest BCUT2D eigenvalue weighted by molar-refractivity contribution is 5.59. The van der Waals surface area contributed by atoms with Crippen molar-refractivity contribution < 1.29 is 0 Å². The lowest BCUT2D eigenvalue weighted by Gasteiger charge is -2.25. The van der Waals surface area contributed by atoms with Crippen molar-refractivity contribution in [1.82, 2.24) is 9.55 Å². The second kappa shape index (κ2) is 3.78. The van der Waals surface area contributed by atoms with Crippen LogP contribution in [0.25, 0.3) is 11.3 Å². The maximum absolute atomic E-state index is 4.42. The number of benzene rings is 1. The van der Waals surface area contributed by atoms with Crippen LogP contribution in [0.3, 0.4) is 0 Å². The van der Waals surface area contributed by atoms with Gasteiger partial charge in [0.15, 0.2) is 0 Å². The molecular formula is C14H18N2. The van der Waals surface area contributed by atoms with Gasteiger partial charge in [-0.25, -0.2) is 4.98 Å². The zero-order valence-corrected chi connectivity index (χ0v) is 10.4. The van der Waals surface area contributed by atoms with Gasteiger partial charge in [0.2, 0.25) is 0 Å². The second-order valence-corrected chi connectivity index (χ2v) is 5.06. The normalized spacial score (nSPS) is 11.8. The lowest BCUT2D eigenvalue weighted by atomic mass is 10.1. The molecule has 0 atom stereocenters. The van der Waals surface area contributed by atoms with Gasteiger partial charge in [-0.05, 0) is 33.3 Å². The Kier molecular flexibility index (Phi) is 2.58. The van der Waals surface area contributed by atoms with Crippen LogP contribution >= 0.6 is 0 Å². The first-order valence-corrected chi connectivity index (χ1v) is 5.60. The van der Waals surface area contributed by atoms with Crippen molar-refractivity contribution in [3.05, 3.63) is 42.4 Å². The molecule has 0 unspecified atom stereocenters. The summed E-state index contributed by atoms with van der Waals surface area (Å²) in [6.45, 7) is 8.66. The van der Waals surface area contributed by atoms with Crippen LogP contribution in [0.4, 0.5) is 0 Å². The van der Waals surface area contributed by atoms with Crippen LogP contribution in [0, 0.1) is 6.92 Å². The molecule has 2 aromatic rings. The van der Waals surface area contributed by atoms with Crippen molar-refractivity contribution in [3.63, 3.8) is 0 Å². The van der Waals surface area contributed by atoms with Crippen LogP contribution in [0.1, 0.15) is 26.6 Å². The van der Waals surface area contributed by atoms with E-state index in [9.17, 15) is 0 Å². The molecule has 1 aromatic carbocycles. The number of imidazole rings is 1. The fourth-order valence-electron chi connectivity index (χ4n) is 2.10. The van der Waals surface area contributed by atoms with Crippen LogP contribution in [0.5, 0.6) is 0 Å². The maximum Gasteiger partial charge on any atom is 0.106 e. The van der Waals surface area contributed by atoms with Crippen LogP contribution < -0.4 is 0 Å². The lowest BCUT2D eigenvalue weighted by Crippen LogP contribution is -2.23. The molecule has 0 aliphatic heterocycles. The molecule has 0 amide bonds. The van der Waals surface area contributed by atoms with E-state index in [1.54, 1.807) is 0 Å². The van der Waals surface area contributed by atoms with E-state index in [4.69, 9.17) is 0 Å². The number of nitrogens with zero attached hydrogens (tertiary/aromatic N) is 2. The molecule has 0 aliphatic carbocycles. The van der Waals surface area contributed by atoms with E-state index in [-0.39, 0.29) is 5.54 Å². The lowest BCUT2D eigenvalue weighted by molar-refractivity contribution is 0.392. The zero-order valence-electron chi connectivity index (χ0n) is 10.4. The molecule has 0 radical (unpaired) electrons. The van der Waals surface area contributed by atoms with Gasteiger partial charge in [-0.2, -0.15) is 0 Å². The first kappa shape index (κ1) is 10.9. The molecular weight excluding hydrogens is 196 g/mol. The summed E-state index contributed by atoms with van der Waals surface area (Å²) >= 11 is 0. The molecule has 1 aromatic heterocycles. The number of aryl methyl sites for hydroxylation is 1. The highest BCUT2D eigenvalue weighted by Gasteiger charge is 2.19. The van der Waals surface area contributed by atoms with E-state index in [0.29, 0.717) is 0 Å². The van der Waals surface area contributed by atoms with Crippen molar-refractivity contribution in [2.24, 2.45) is 0 Å². The Morgan fingerprint density at radius 3 is 2.25 bits per heavy atom. The van der Waals surface area contributed by atoms with Crippen molar-refractivity contribution >= 4 is 0 Å². The van der Waals surface area contributed by atoms with Gasteiger partial charge >= 0.3 is 0 Å². The van der Waals surface area contributed by atoms with Crippen LogP contribution in [-0.2, 0) is 5.54 Å². The summed E-state index contributed by atoms with van der Waals surface area (Å²) in [5, 5.41) is 0. The first-order chi connectivity index (χ1) is 7.50. The third kappa shape index (κ3) is 1.87. The monoisotopic (exact) mass is 214 g/mol. The van der Waals surface area contributed by atoms with E-state index < -0.39 is 0 Å². The molecule has 0 bridgehead atoms. The molecule has 1 heterocycles. The first-order valence-electron chi connectivity index (χ1n) is 5.60. The van der Waals surface area contributed by atoms with E-state index in [1.165, 1.54) is 11.3 Å². The summed E-state index contributed by atoms with van der Waals surface area (Å²) in [7, 11) is 0. The van der Waals surface area contributed by atoms with Gasteiger partial charge in [0.1, 0.15) is 5.82 Å². The van der Waals surface area contributed by atoms with E-state index in [1.807, 2.05) is 12.3 Å². The average Bonchev–Trinajstić information content (AvgIpc) is 2.61. The number of hydrogen-bond acceptors (Lipinski definition) is 1. The number of rotatable bonds is 1. The molecule has 2 rings (SSSR count). The van der Waals surface area contributed by atoms with Gasteiger partial charge in [-0.1, -0.05) is 30.3 Å². The Hall–Kier alpha value is -1.57. The summed E-state index contributed by atoms with van der Waals surface area (Å²) < 4.78 is 2.28. The summed E-state index contributed by atoms with van der Waals surface area (Å²) in [6, 6.07) is 10.4. The topological polar surface area (TPSA) is 17.8 Å². The van der Waals surface area contributed by atoms with Crippen LogP contribution in [0.2, 0.25) is 0 Å². The van der Waals surface area contributed by atoms with E-state index in [2.05, 4.69) is 61.5 Å². The van der Waals surface area contributed by atoms with Gasteiger partial charge in [-0.3, -0.25) is 0 Å². The Labute approximate surface area is 97.0 Å². The fraction of sp³-hybridized carbons (Fsp3) is 0.357. The summed E-state index contributed by atoms with van der Waals surface area (Å²) in [6.07, 6.45) is 1.95. The summed E-state index contributed by atoms with van der Waals surface area (Å²) in [5.74, 6) is 1.06. The molecule has 16 heavy (non-hydrogen) atoms. The smallest absolute Gasteiger partial charge is 0.106 e. The summed E-state index contributed by atoms with van der Waals surface area (Å²) in [4.78, 5) is 4.42. The van der Waals surface area contributed by atoms with E-state index >= 15 is 0 Å². The minimum Gasteiger partial charge on any atom is -0.323 e. The molecule has 0 N–H and O–H groups in total. The molecule has 2 nitrogen and oxygen atoms in total. The van der Waals surface area contributed by atoms with Gasteiger partial charge in [-0.15, -0.1) is 0 Å². The molecule has 0 fully saturated rings. The largest absolute Gasteiger partial charge is 0.323 e. The molecule has 0 aliphatic rings. The Morgan fingerprint density at radius 1 is 1.06 bits per heavy atom. The predicted molar refractivity (Wildman–Crippen MR) is 67.4 cm³/mol. The predicted octanol–water partition coefficient (Wildman–Crippen LogP) is 3.61. The highest BCUT2D eigenvalue weighted by Crippen LogP contribution is 2.27. The molecule has 2 heteroatoms. The minimum absolute atomic E-state index is 0.0613. The fourth-order valence-corrected chi connectivity index (χ4v) is 2.10. The standard InChI is InChI=1S/C14H18N2/c1-11-15-10-13(16(11)14(2,3)4)12-8-6-5-7-9-12/h5-10H,1-4H3. The van der Waals surface area contributed by atoms with Crippen LogP contribution in [-0.4, -0.2) is 9.55 Å². The number of hydrogen-bond donors (Lipinski definition) is 0. The third-order valence-corrected chi connectivity index (χ3v) is 2.68. The second-order valence-electron chi connectivity index (χ2n) is 5.06. The molecule has 0 spiro atoms.